The summed E-state index contributed by atoms with van der Waals surface area (Å²) in [5.74, 6) is -0.103. The molecule has 2 aliphatic rings. The van der Waals surface area contributed by atoms with Crippen LogP contribution in [0.1, 0.15) is 48.3 Å². The molecule has 5 rings (SSSR count). The first-order chi connectivity index (χ1) is 16.4. The van der Waals surface area contributed by atoms with Gasteiger partial charge in [-0.3, -0.25) is 9.59 Å². The second kappa shape index (κ2) is 9.33. The van der Waals surface area contributed by atoms with Crippen LogP contribution in [-0.2, 0) is 22.4 Å². The zero-order valence-electron chi connectivity index (χ0n) is 18.5. The molecule has 1 N–H and O–H groups in total. The molecule has 7 heteroatoms. The van der Waals surface area contributed by atoms with Crippen molar-refractivity contribution in [1.82, 2.24) is 4.98 Å². The van der Waals surface area contributed by atoms with Crippen molar-refractivity contribution in [3.8, 4) is 11.5 Å². The number of hydrogen-bond donors (Lipinski definition) is 1. The molecule has 5 nitrogen and oxygen atoms in total. The molecule has 0 atom stereocenters. The zero-order valence-corrected chi connectivity index (χ0v) is 18.5. The Hall–Kier alpha value is -3.61. The Morgan fingerprint density at radius 1 is 0.941 bits per heavy atom. The average Bonchev–Trinajstić information content (AvgIpc) is 3.70. The summed E-state index contributed by atoms with van der Waals surface area (Å²) < 4.78 is 34.4. The summed E-state index contributed by atoms with van der Waals surface area (Å²) in [4.78, 5) is 28.5. The van der Waals surface area contributed by atoms with Crippen LogP contribution in [0.3, 0.4) is 0 Å². The summed E-state index contributed by atoms with van der Waals surface area (Å²) >= 11 is 0. The molecule has 0 saturated heterocycles. The van der Waals surface area contributed by atoms with E-state index in [0.29, 0.717) is 28.6 Å². The lowest BCUT2D eigenvalue weighted by molar-refractivity contribution is -0.118. The number of halogens is 2. The quantitative estimate of drug-likeness (QED) is 0.441. The summed E-state index contributed by atoms with van der Waals surface area (Å²) in [6.45, 7) is 0. The number of pyridine rings is 1. The van der Waals surface area contributed by atoms with Crippen molar-refractivity contribution in [1.29, 1.82) is 0 Å². The van der Waals surface area contributed by atoms with Gasteiger partial charge in [0.25, 0.3) is 0 Å². The van der Waals surface area contributed by atoms with Crippen LogP contribution in [0.2, 0.25) is 0 Å². The number of amides is 1. The van der Waals surface area contributed by atoms with Gasteiger partial charge in [0.05, 0.1) is 0 Å². The van der Waals surface area contributed by atoms with Crippen molar-refractivity contribution >= 4 is 17.5 Å². The van der Waals surface area contributed by atoms with Gasteiger partial charge in [0.2, 0.25) is 5.91 Å². The van der Waals surface area contributed by atoms with Crippen LogP contribution in [0.5, 0.6) is 11.5 Å². The van der Waals surface area contributed by atoms with Crippen molar-refractivity contribution in [2.75, 3.05) is 5.32 Å². The Balaban J connectivity index is 1.21. The monoisotopic (exact) mass is 462 g/mol. The molecule has 34 heavy (non-hydrogen) atoms. The number of carbonyl (C=O) groups is 2. The molecule has 174 valence electrons. The van der Waals surface area contributed by atoms with E-state index < -0.39 is 11.6 Å². The summed E-state index contributed by atoms with van der Waals surface area (Å²) in [5, 5.41) is 2.72. The van der Waals surface area contributed by atoms with E-state index in [-0.39, 0.29) is 36.2 Å². The summed E-state index contributed by atoms with van der Waals surface area (Å²) in [7, 11) is 0. The number of aromatic nitrogens is 1. The number of anilines is 1. The van der Waals surface area contributed by atoms with E-state index in [4.69, 9.17) is 4.74 Å². The van der Waals surface area contributed by atoms with Crippen LogP contribution in [0.25, 0.3) is 0 Å². The lowest BCUT2D eigenvalue weighted by atomic mass is 9.99. The van der Waals surface area contributed by atoms with Crippen LogP contribution in [0, 0.1) is 17.6 Å². The van der Waals surface area contributed by atoms with Crippen LogP contribution in [0.4, 0.5) is 14.6 Å². The maximum absolute atomic E-state index is 14.7. The van der Waals surface area contributed by atoms with Crippen molar-refractivity contribution in [2.24, 2.45) is 5.92 Å². The van der Waals surface area contributed by atoms with Crippen LogP contribution in [0.15, 0.2) is 54.7 Å². The number of nitrogens with one attached hydrogen (secondary N) is 1. The summed E-state index contributed by atoms with van der Waals surface area (Å²) in [6, 6.07) is 12.4. The van der Waals surface area contributed by atoms with Crippen LogP contribution in [-0.4, -0.2) is 16.7 Å². The normalized spacial score (nSPS) is 15.1. The van der Waals surface area contributed by atoms with Gasteiger partial charge in [-0.1, -0.05) is 18.2 Å². The minimum absolute atomic E-state index is 0.00308. The first-order valence-corrected chi connectivity index (χ1v) is 11.5. The molecule has 0 radical (unpaired) electrons. The van der Waals surface area contributed by atoms with Gasteiger partial charge in [0, 0.05) is 31.0 Å². The molecule has 0 unspecified atom stereocenters. The van der Waals surface area contributed by atoms with Crippen LogP contribution >= 0.6 is 0 Å². The highest BCUT2D eigenvalue weighted by atomic mass is 19.1. The zero-order chi connectivity index (χ0) is 23.7. The van der Waals surface area contributed by atoms with Gasteiger partial charge in [-0.15, -0.1) is 0 Å². The van der Waals surface area contributed by atoms with E-state index in [1.807, 2.05) is 0 Å². The standard InChI is InChI=1S/C27H24F2N2O3/c28-23-7-6-19(17-2-3-17)13-20(23)14-21(32)11-16-1-8-25(24(29)12-16)34-22-9-10-30-26(15-22)31-27(33)18-4-5-18/h1,6-10,12-13,15,17-18H,2-5,11,14H2,(H,30,31,33). The Bertz CT molecular complexity index is 1250. The molecule has 1 aromatic heterocycles. The molecule has 3 aromatic rings. The highest BCUT2D eigenvalue weighted by molar-refractivity contribution is 5.93. The predicted octanol–water partition coefficient (Wildman–Crippen LogP) is 5.73. The van der Waals surface area contributed by atoms with Gasteiger partial charge in [0.1, 0.15) is 23.2 Å². The molecule has 2 aromatic carbocycles. The van der Waals surface area contributed by atoms with Crippen LogP contribution < -0.4 is 10.1 Å². The predicted molar refractivity (Wildman–Crippen MR) is 123 cm³/mol. The third-order valence-corrected chi connectivity index (χ3v) is 6.06. The number of benzene rings is 2. The fourth-order valence-electron chi connectivity index (χ4n) is 3.88. The second-order valence-corrected chi connectivity index (χ2v) is 9.02. The molecule has 2 aliphatic carbocycles. The first kappa shape index (κ1) is 22.2. The fourth-order valence-corrected chi connectivity index (χ4v) is 3.88. The van der Waals surface area contributed by atoms with Gasteiger partial charge in [0.15, 0.2) is 11.6 Å². The first-order valence-electron chi connectivity index (χ1n) is 11.5. The van der Waals surface area contributed by atoms with Gasteiger partial charge in [-0.05, 0) is 72.6 Å². The minimum atomic E-state index is -0.618. The smallest absolute Gasteiger partial charge is 0.228 e. The second-order valence-electron chi connectivity index (χ2n) is 9.02. The third kappa shape index (κ3) is 5.47. The van der Waals surface area contributed by atoms with E-state index in [1.165, 1.54) is 30.5 Å². The Morgan fingerprint density at radius 2 is 1.76 bits per heavy atom. The molecule has 0 bridgehead atoms. The van der Waals surface area contributed by atoms with Gasteiger partial charge < -0.3 is 10.1 Å². The molecular weight excluding hydrogens is 438 g/mol. The van der Waals surface area contributed by atoms with E-state index in [2.05, 4.69) is 10.3 Å². The van der Waals surface area contributed by atoms with Gasteiger partial charge >= 0.3 is 0 Å². The largest absolute Gasteiger partial charge is 0.454 e. The number of ketones is 1. The van der Waals surface area contributed by atoms with E-state index in [1.54, 1.807) is 24.3 Å². The van der Waals surface area contributed by atoms with Crippen molar-refractivity contribution in [3.63, 3.8) is 0 Å². The summed E-state index contributed by atoms with van der Waals surface area (Å²) in [6.07, 6.45) is 5.40. The SMILES string of the molecule is O=C(Cc1ccc(Oc2ccnc(NC(=O)C3CC3)c2)c(F)c1)Cc1cc(C2CC2)ccc1F. The lowest BCUT2D eigenvalue weighted by Gasteiger charge is -2.10. The Kier molecular flexibility index (Phi) is 6.09. The lowest BCUT2D eigenvalue weighted by Crippen LogP contribution is -2.14. The van der Waals surface area contributed by atoms with Gasteiger partial charge in [-0.25, -0.2) is 13.8 Å². The highest BCUT2D eigenvalue weighted by Gasteiger charge is 2.30. The highest BCUT2D eigenvalue weighted by Crippen LogP contribution is 2.40. The number of Topliss-reactive ketones (excluding diaryl/α,β-unsaturated/α-hetero) is 1. The van der Waals surface area contributed by atoms with Gasteiger partial charge in [-0.2, -0.15) is 0 Å². The number of rotatable bonds is 9. The maximum Gasteiger partial charge on any atom is 0.228 e. The molecule has 1 heterocycles. The number of ether oxygens (including phenoxy) is 1. The molecule has 0 aliphatic heterocycles. The van der Waals surface area contributed by atoms with E-state index >= 15 is 0 Å². The molecule has 0 spiro atoms. The van der Waals surface area contributed by atoms with Crippen molar-refractivity contribution < 1.29 is 23.1 Å². The van der Waals surface area contributed by atoms with E-state index in [9.17, 15) is 18.4 Å². The molecule has 2 saturated carbocycles. The fraction of sp³-hybridized carbons (Fsp3) is 0.296. The average molecular weight is 462 g/mol. The Morgan fingerprint density at radius 3 is 2.50 bits per heavy atom. The van der Waals surface area contributed by atoms with E-state index in [0.717, 1.165) is 31.2 Å². The minimum Gasteiger partial charge on any atom is -0.454 e. The number of hydrogen-bond acceptors (Lipinski definition) is 4. The summed E-state index contributed by atoms with van der Waals surface area (Å²) in [5.41, 5.74) is 1.95. The number of carbonyl (C=O) groups excluding carboxylic acids is 2. The van der Waals surface area contributed by atoms with Crippen molar-refractivity contribution in [3.05, 3.63) is 83.1 Å². The molecule has 1 amide bonds. The topological polar surface area (TPSA) is 68.3 Å². The molecule has 2 fully saturated rings. The number of nitrogens with zero attached hydrogens (tertiary/aromatic N) is 1. The maximum atomic E-state index is 14.7. The molecular formula is C27H24F2N2O3. The third-order valence-electron chi connectivity index (χ3n) is 6.06. The van der Waals surface area contributed by atoms with Crippen molar-refractivity contribution in [2.45, 2.75) is 44.4 Å². The Labute approximate surface area is 196 Å².